The number of carbonyl (C=O) groups is 1. The fourth-order valence-electron chi connectivity index (χ4n) is 3.02. The van der Waals surface area contributed by atoms with E-state index in [2.05, 4.69) is 19.2 Å². The molecular formula is C22H30N2O4S. The van der Waals surface area contributed by atoms with Crippen molar-refractivity contribution in [2.45, 2.75) is 39.2 Å². The van der Waals surface area contributed by atoms with Crippen molar-refractivity contribution in [3.05, 3.63) is 59.7 Å². The lowest BCUT2D eigenvalue weighted by Crippen LogP contribution is -2.31. The number of nitrogens with one attached hydrogen (secondary N) is 1. The molecule has 0 fully saturated rings. The number of hydrogen-bond donors (Lipinski definition) is 1. The zero-order chi connectivity index (χ0) is 21.4. The maximum Gasteiger partial charge on any atom is 0.232 e. The molecule has 1 amide bonds. The molecule has 0 heterocycles. The van der Waals surface area contributed by atoms with Crippen LogP contribution in [0, 0.1) is 0 Å². The molecule has 2 rings (SSSR count). The summed E-state index contributed by atoms with van der Waals surface area (Å²) in [6, 6.07) is 15.0. The number of methoxy groups -OCH3 is 1. The van der Waals surface area contributed by atoms with Gasteiger partial charge in [-0.1, -0.05) is 38.1 Å². The van der Waals surface area contributed by atoms with Gasteiger partial charge in [-0.2, -0.15) is 0 Å². The van der Waals surface area contributed by atoms with Crippen LogP contribution in [0.3, 0.4) is 0 Å². The first-order valence-corrected chi connectivity index (χ1v) is 11.5. The molecule has 2 aromatic carbocycles. The normalized spacial score (nSPS) is 11.5. The molecule has 0 aromatic heterocycles. The van der Waals surface area contributed by atoms with Crippen LogP contribution in [-0.2, 0) is 26.2 Å². The number of carbonyl (C=O) groups excluding carboxylic acids is 1. The number of rotatable bonds is 10. The van der Waals surface area contributed by atoms with Crippen molar-refractivity contribution < 1.29 is 17.9 Å². The Morgan fingerprint density at radius 3 is 2.41 bits per heavy atom. The third-order valence-corrected chi connectivity index (χ3v) is 5.73. The van der Waals surface area contributed by atoms with Crippen LogP contribution in [0.5, 0.6) is 0 Å². The summed E-state index contributed by atoms with van der Waals surface area (Å²) in [5.41, 5.74) is 3.44. The third-order valence-electron chi connectivity index (χ3n) is 4.53. The Bertz CT molecular complexity index is 909. The van der Waals surface area contributed by atoms with Crippen molar-refractivity contribution in [3.63, 3.8) is 0 Å². The lowest BCUT2D eigenvalue weighted by atomic mass is 10.0. The average Bonchev–Trinajstić information content (AvgIpc) is 2.65. The molecule has 0 aliphatic carbocycles. The van der Waals surface area contributed by atoms with Crippen LogP contribution in [-0.4, -0.2) is 34.2 Å². The zero-order valence-electron chi connectivity index (χ0n) is 17.5. The van der Waals surface area contributed by atoms with Crippen molar-refractivity contribution in [2.75, 3.05) is 29.5 Å². The Morgan fingerprint density at radius 1 is 1.14 bits per heavy atom. The molecule has 1 N–H and O–H groups in total. The maximum absolute atomic E-state index is 12.3. The molecule has 0 saturated heterocycles. The molecule has 0 atom stereocenters. The highest BCUT2D eigenvalue weighted by molar-refractivity contribution is 7.92. The summed E-state index contributed by atoms with van der Waals surface area (Å²) in [4.78, 5) is 12.3. The van der Waals surface area contributed by atoms with E-state index in [9.17, 15) is 13.2 Å². The van der Waals surface area contributed by atoms with Crippen LogP contribution < -0.4 is 9.62 Å². The fourth-order valence-corrected chi connectivity index (χ4v) is 3.99. The van der Waals surface area contributed by atoms with Crippen molar-refractivity contribution in [2.24, 2.45) is 0 Å². The molecule has 0 spiro atoms. The first-order valence-electron chi connectivity index (χ1n) is 9.66. The highest BCUT2D eigenvalue weighted by Gasteiger charge is 2.18. The minimum absolute atomic E-state index is 0.150. The van der Waals surface area contributed by atoms with E-state index >= 15 is 0 Å². The highest BCUT2D eigenvalue weighted by atomic mass is 32.2. The van der Waals surface area contributed by atoms with E-state index in [1.807, 2.05) is 48.5 Å². The average molecular weight is 419 g/mol. The molecule has 158 valence electrons. The standard InChI is InChI=1S/C22H30N2O4S/c1-17(2)19-10-12-21(13-11-19)24(29(4,26)27)14-6-9-22(25)23-20-8-5-7-18(15-20)16-28-3/h5,7-8,10-13,15,17H,6,9,14,16H2,1-4H3,(H,23,25). The molecule has 29 heavy (non-hydrogen) atoms. The van der Waals surface area contributed by atoms with E-state index in [0.29, 0.717) is 30.3 Å². The first kappa shape index (κ1) is 22.9. The Hall–Kier alpha value is -2.38. The van der Waals surface area contributed by atoms with Gasteiger partial charge >= 0.3 is 0 Å². The summed E-state index contributed by atoms with van der Waals surface area (Å²) >= 11 is 0. The summed E-state index contributed by atoms with van der Waals surface area (Å²) in [7, 11) is -1.81. The van der Waals surface area contributed by atoms with Gasteiger partial charge in [-0.05, 0) is 47.7 Å². The molecule has 0 bridgehead atoms. The summed E-state index contributed by atoms with van der Waals surface area (Å²) in [5.74, 6) is 0.227. The Balaban J connectivity index is 1.96. The molecule has 0 aliphatic heterocycles. The van der Waals surface area contributed by atoms with Crippen LogP contribution in [0.2, 0.25) is 0 Å². The minimum atomic E-state index is -3.43. The van der Waals surface area contributed by atoms with E-state index in [0.717, 1.165) is 11.1 Å². The Labute approximate surface area is 173 Å². The van der Waals surface area contributed by atoms with Crippen molar-refractivity contribution in [3.8, 4) is 0 Å². The van der Waals surface area contributed by atoms with Gasteiger partial charge in [-0.25, -0.2) is 8.42 Å². The summed E-state index contributed by atoms with van der Waals surface area (Å²) in [6.45, 7) is 4.90. The van der Waals surface area contributed by atoms with Gasteiger partial charge in [-0.15, -0.1) is 0 Å². The number of ether oxygens (including phenoxy) is 1. The second-order valence-corrected chi connectivity index (χ2v) is 9.27. The first-order chi connectivity index (χ1) is 13.7. The number of hydrogen-bond acceptors (Lipinski definition) is 4. The van der Waals surface area contributed by atoms with Gasteiger partial charge in [0.15, 0.2) is 0 Å². The van der Waals surface area contributed by atoms with Crippen molar-refractivity contribution >= 4 is 27.3 Å². The summed E-state index contributed by atoms with van der Waals surface area (Å²) < 4.78 is 30.9. The molecule has 0 saturated carbocycles. The van der Waals surface area contributed by atoms with Crippen LogP contribution in [0.4, 0.5) is 11.4 Å². The number of anilines is 2. The van der Waals surface area contributed by atoms with Crippen molar-refractivity contribution in [1.82, 2.24) is 0 Å². The largest absolute Gasteiger partial charge is 0.380 e. The van der Waals surface area contributed by atoms with Crippen LogP contribution >= 0.6 is 0 Å². The molecule has 0 aliphatic rings. The summed E-state index contributed by atoms with van der Waals surface area (Å²) in [6.07, 6.45) is 1.83. The maximum atomic E-state index is 12.3. The van der Waals surface area contributed by atoms with Crippen LogP contribution in [0.15, 0.2) is 48.5 Å². The van der Waals surface area contributed by atoms with Gasteiger partial charge < -0.3 is 10.1 Å². The number of benzene rings is 2. The van der Waals surface area contributed by atoms with Gasteiger partial charge in [0.2, 0.25) is 15.9 Å². The quantitative estimate of drug-likeness (QED) is 0.629. The summed E-state index contributed by atoms with van der Waals surface area (Å²) in [5, 5.41) is 2.85. The van der Waals surface area contributed by atoms with Crippen LogP contribution in [0.1, 0.15) is 43.7 Å². The lowest BCUT2D eigenvalue weighted by Gasteiger charge is -2.23. The fraction of sp³-hybridized carbons (Fsp3) is 0.409. The predicted octanol–water partition coefficient (Wildman–Crippen LogP) is 4.14. The highest BCUT2D eigenvalue weighted by Crippen LogP contribution is 2.22. The number of amides is 1. The SMILES string of the molecule is COCc1cccc(NC(=O)CCCN(c2ccc(C(C)C)cc2)S(C)(=O)=O)c1. The number of sulfonamides is 1. The van der Waals surface area contributed by atoms with Crippen molar-refractivity contribution in [1.29, 1.82) is 0 Å². The molecule has 0 radical (unpaired) electrons. The Morgan fingerprint density at radius 2 is 1.83 bits per heavy atom. The minimum Gasteiger partial charge on any atom is -0.380 e. The van der Waals surface area contributed by atoms with E-state index < -0.39 is 10.0 Å². The van der Waals surface area contributed by atoms with Gasteiger partial charge in [0.05, 0.1) is 18.6 Å². The predicted molar refractivity (Wildman–Crippen MR) is 118 cm³/mol. The monoisotopic (exact) mass is 418 g/mol. The van der Waals surface area contributed by atoms with Gasteiger partial charge in [-0.3, -0.25) is 9.10 Å². The second-order valence-electron chi connectivity index (χ2n) is 7.37. The van der Waals surface area contributed by atoms with E-state index in [1.165, 1.54) is 10.6 Å². The molecule has 7 heteroatoms. The van der Waals surface area contributed by atoms with Crippen LogP contribution in [0.25, 0.3) is 0 Å². The van der Waals surface area contributed by atoms with Gasteiger partial charge in [0.1, 0.15) is 0 Å². The van der Waals surface area contributed by atoms with E-state index in [-0.39, 0.29) is 18.9 Å². The Kier molecular flexibility index (Phi) is 8.22. The topological polar surface area (TPSA) is 75.7 Å². The molecule has 0 unspecified atom stereocenters. The molecule has 2 aromatic rings. The van der Waals surface area contributed by atoms with Gasteiger partial charge in [0, 0.05) is 25.8 Å². The number of nitrogens with zero attached hydrogens (tertiary/aromatic N) is 1. The molecular weight excluding hydrogens is 388 g/mol. The third kappa shape index (κ3) is 7.18. The smallest absolute Gasteiger partial charge is 0.232 e. The second kappa shape index (κ2) is 10.4. The van der Waals surface area contributed by atoms with E-state index in [1.54, 1.807) is 7.11 Å². The van der Waals surface area contributed by atoms with Gasteiger partial charge in [0.25, 0.3) is 0 Å². The molecule has 6 nitrogen and oxygen atoms in total. The zero-order valence-corrected chi connectivity index (χ0v) is 18.3. The lowest BCUT2D eigenvalue weighted by molar-refractivity contribution is -0.116. The van der Waals surface area contributed by atoms with E-state index in [4.69, 9.17) is 4.74 Å².